The summed E-state index contributed by atoms with van der Waals surface area (Å²) in [6.07, 6.45) is 1.69. The maximum atomic E-state index is 12.8. The Kier molecular flexibility index (Phi) is 5.36. The summed E-state index contributed by atoms with van der Waals surface area (Å²) in [5.41, 5.74) is 0.619. The van der Waals surface area contributed by atoms with E-state index in [1.807, 2.05) is 0 Å². The lowest BCUT2D eigenvalue weighted by atomic mass is 10.3. The molecule has 9 heteroatoms. The van der Waals surface area contributed by atoms with E-state index in [4.69, 9.17) is 16.3 Å². The number of hydrogen-bond acceptors (Lipinski definition) is 5. The van der Waals surface area contributed by atoms with Crippen LogP contribution in [0.1, 0.15) is 29.0 Å². The van der Waals surface area contributed by atoms with Crippen molar-refractivity contribution in [3.8, 4) is 5.75 Å². The number of carbonyl (C=O) groups is 1. The third kappa shape index (κ3) is 3.62. The van der Waals surface area contributed by atoms with Gasteiger partial charge in [-0.3, -0.25) is 4.79 Å². The Balaban J connectivity index is 1.80. The first-order valence-electron chi connectivity index (χ1n) is 8.28. The minimum Gasteiger partial charge on any atom is -0.484 e. The Morgan fingerprint density at radius 3 is 2.42 bits per heavy atom. The molecular formula is C17H20ClN3O4S. The smallest absolute Gasteiger partial charge is 0.285 e. The van der Waals surface area contributed by atoms with Crippen LogP contribution >= 0.6 is 11.6 Å². The first kappa shape index (κ1) is 18.9. The number of ether oxygens (including phenoxy) is 1. The summed E-state index contributed by atoms with van der Waals surface area (Å²) in [5.74, 6) is 0.0533. The molecule has 0 saturated carbocycles. The van der Waals surface area contributed by atoms with Crippen LogP contribution in [0.3, 0.4) is 0 Å². The van der Waals surface area contributed by atoms with Crippen LogP contribution in [0.5, 0.6) is 5.75 Å². The van der Waals surface area contributed by atoms with Gasteiger partial charge in [-0.05, 0) is 51.0 Å². The van der Waals surface area contributed by atoms with Gasteiger partial charge in [0, 0.05) is 18.1 Å². The minimum absolute atomic E-state index is 0.110. The molecular weight excluding hydrogens is 378 g/mol. The van der Waals surface area contributed by atoms with Gasteiger partial charge in [0.2, 0.25) is 10.0 Å². The maximum Gasteiger partial charge on any atom is 0.285 e. The molecule has 0 atom stereocenters. The molecule has 1 aliphatic heterocycles. The number of carbonyl (C=O) groups excluding carboxylic acids is 1. The minimum atomic E-state index is -3.64. The molecule has 0 unspecified atom stereocenters. The maximum absolute atomic E-state index is 12.8. The van der Waals surface area contributed by atoms with E-state index in [2.05, 4.69) is 5.10 Å². The van der Waals surface area contributed by atoms with Crippen molar-refractivity contribution in [1.82, 2.24) is 14.1 Å². The first-order chi connectivity index (χ1) is 12.3. The lowest BCUT2D eigenvalue weighted by Gasteiger charge is -2.15. The highest BCUT2D eigenvalue weighted by molar-refractivity contribution is 7.89. The fourth-order valence-corrected chi connectivity index (χ4v) is 5.04. The van der Waals surface area contributed by atoms with Gasteiger partial charge >= 0.3 is 0 Å². The molecule has 0 aliphatic carbocycles. The zero-order valence-electron chi connectivity index (χ0n) is 14.6. The molecule has 1 aromatic carbocycles. The monoisotopic (exact) mass is 397 g/mol. The molecule has 26 heavy (non-hydrogen) atoms. The standard InChI is InChI=1S/C17H20ClN3O4S/c1-12-17(26(23,24)20-9-3-4-10-20)13(2)21(19-12)16(22)11-25-15-7-5-14(18)6-8-15/h5-8H,3-4,9-11H2,1-2H3. The SMILES string of the molecule is Cc1nn(C(=O)COc2ccc(Cl)cc2)c(C)c1S(=O)(=O)N1CCCC1. The van der Waals surface area contributed by atoms with Crippen LogP contribution in [-0.2, 0) is 10.0 Å². The van der Waals surface area contributed by atoms with Crippen LogP contribution in [0.2, 0.25) is 5.02 Å². The Morgan fingerprint density at radius 1 is 1.19 bits per heavy atom. The number of aromatic nitrogens is 2. The Bertz CT molecular complexity index is 916. The number of aryl methyl sites for hydroxylation is 1. The van der Waals surface area contributed by atoms with Gasteiger partial charge in [-0.25, -0.2) is 13.1 Å². The van der Waals surface area contributed by atoms with E-state index in [9.17, 15) is 13.2 Å². The molecule has 0 spiro atoms. The summed E-state index contributed by atoms with van der Waals surface area (Å²) < 4.78 is 33.7. The normalized spacial score (nSPS) is 15.3. The zero-order valence-corrected chi connectivity index (χ0v) is 16.2. The number of nitrogens with zero attached hydrogens (tertiary/aromatic N) is 3. The second-order valence-electron chi connectivity index (χ2n) is 6.16. The molecule has 1 fully saturated rings. The molecule has 1 aliphatic rings. The van der Waals surface area contributed by atoms with Gasteiger partial charge < -0.3 is 4.74 Å². The summed E-state index contributed by atoms with van der Waals surface area (Å²) in [7, 11) is -3.64. The summed E-state index contributed by atoms with van der Waals surface area (Å²) >= 11 is 5.81. The second-order valence-corrected chi connectivity index (χ2v) is 8.47. The van der Waals surface area contributed by atoms with E-state index in [0.717, 1.165) is 17.5 Å². The van der Waals surface area contributed by atoms with E-state index in [1.54, 1.807) is 38.1 Å². The summed E-state index contributed by atoms with van der Waals surface area (Å²) in [5, 5.41) is 4.70. The van der Waals surface area contributed by atoms with Crippen LogP contribution in [0.4, 0.5) is 0 Å². The van der Waals surface area contributed by atoms with Crippen molar-refractivity contribution in [2.24, 2.45) is 0 Å². The fourth-order valence-electron chi connectivity index (χ4n) is 3.04. The van der Waals surface area contributed by atoms with Crippen molar-refractivity contribution in [1.29, 1.82) is 0 Å². The van der Waals surface area contributed by atoms with Crippen LogP contribution in [-0.4, -0.2) is 48.1 Å². The van der Waals surface area contributed by atoms with Crippen LogP contribution in [0.15, 0.2) is 29.2 Å². The van der Waals surface area contributed by atoms with E-state index >= 15 is 0 Å². The third-order valence-electron chi connectivity index (χ3n) is 4.30. The molecule has 0 N–H and O–H groups in total. The molecule has 7 nitrogen and oxygen atoms in total. The molecule has 140 valence electrons. The molecule has 2 heterocycles. The highest BCUT2D eigenvalue weighted by Crippen LogP contribution is 2.26. The predicted molar refractivity (Wildman–Crippen MR) is 97.3 cm³/mol. The van der Waals surface area contributed by atoms with E-state index < -0.39 is 15.9 Å². The van der Waals surface area contributed by atoms with Crippen molar-refractivity contribution in [2.75, 3.05) is 19.7 Å². The van der Waals surface area contributed by atoms with Gasteiger partial charge in [0.05, 0.1) is 11.4 Å². The van der Waals surface area contributed by atoms with E-state index in [1.165, 1.54) is 4.31 Å². The van der Waals surface area contributed by atoms with Gasteiger partial charge in [-0.15, -0.1) is 0 Å². The third-order valence-corrected chi connectivity index (χ3v) is 6.70. The van der Waals surface area contributed by atoms with E-state index in [0.29, 0.717) is 35.2 Å². The Labute approximate surface area is 157 Å². The summed E-state index contributed by atoms with van der Waals surface area (Å²) in [6, 6.07) is 6.62. The molecule has 3 rings (SSSR count). The summed E-state index contributed by atoms with van der Waals surface area (Å²) in [6.45, 7) is 3.93. The quantitative estimate of drug-likeness (QED) is 0.774. The molecule has 0 amide bonds. The summed E-state index contributed by atoms with van der Waals surface area (Å²) in [4.78, 5) is 12.6. The van der Waals surface area contributed by atoms with Crippen molar-refractivity contribution >= 4 is 27.5 Å². The van der Waals surface area contributed by atoms with Gasteiger partial charge in [-0.1, -0.05) is 11.6 Å². The average molecular weight is 398 g/mol. The van der Waals surface area contributed by atoms with Crippen molar-refractivity contribution in [3.63, 3.8) is 0 Å². The second kappa shape index (κ2) is 7.38. The number of benzene rings is 1. The van der Waals surface area contributed by atoms with Gasteiger partial charge in [0.15, 0.2) is 6.61 Å². The Morgan fingerprint density at radius 2 is 1.81 bits per heavy atom. The molecule has 0 radical (unpaired) electrons. The Hall–Kier alpha value is -1.90. The predicted octanol–water partition coefficient (Wildman–Crippen LogP) is 2.66. The highest BCUT2D eigenvalue weighted by Gasteiger charge is 2.33. The molecule has 1 aromatic heterocycles. The van der Waals surface area contributed by atoms with Crippen LogP contribution in [0.25, 0.3) is 0 Å². The topological polar surface area (TPSA) is 81.5 Å². The van der Waals surface area contributed by atoms with Crippen molar-refractivity contribution in [3.05, 3.63) is 40.7 Å². The molecule has 1 saturated heterocycles. The van der Waals surface area contributed by atoms with Gasteiger partial charge in [0.25, 0.3) is 5.91 Å². The number of halogens is 1. The lowest BCUT2D eigenvalue weighted by Crippen LogP contribution is -2.29. The number of hydrogen-bond donors (Lipinski definition) is 0. The van der Waals surface area contributed by atoms with Crippen molar-refractivity contribution in [2.45, 2.75) is 31.6 Å². The average Bonchev–Trinajstić information content (AvgIpc) is 3.23. The first-order valence-corrected chi connectivity index (χ1v) is 10.1. The molecule has 2 aromatic rings. The van der Waals surface area contributed by atoms with Crippen LogP contribution in [0, 0.1) is 13.8 Å². The number of sulfonamides is 1. The van der Waals surface area contributed by atoms with Crippen LogP contribution < -0.4 is 4.74 Å². The zero-order chi connectivity index (χ0) is 18.9. The van der Waals surface area contributed by atoms with Gasteiger partial charge in [0.1, 0.15) is 10.6 Å². The fraction of sp³-hybridized carbons (Fsp3) is 0.412. The van der Waals surface area contributed by atoms with Gasteiger partial charge in [-0.2, -0.15) is 9.40 Å². The number of rotatable bonds is 5. The highest BCUT2D eigenvalue weighted by atomic mass is 35.5. The van der Waals surface area contributed by atoms with Crippen molar-refractivity contribution < 1.29 is 17.9 Å². The van der Waals surface area contributed by atoms with E-state index in [-0.39, 0.29) is 11.5 Å². The largest absolute Gasteiger partial charge is 0.484 e. The molecule has 0 bridgehead atoms. The lowest BCUT2D eigenvalue weighted by molar-refractivity contribution is 0.0818.